The number of nitrogens with one attached hydrogen (secondary N) is 1. The van der Waals surface area contributed by atoms with E-state index in [0.29, 0.717) is 16.5 Å². The van der Waals surface area contributed by atoms with Crippen molar-refractivity contribution < 1.29 is 4.79 Å². The molecule has 0 atom stereocenters. The molecule has 0 radical (unpaired) electrons. The summed E-state index contributed by atoms with van der Waals surface area (Å²) in [6.07, 6.45) is 1.83. The zero-order valence-corrected chi connectivity index (χ0v) is 12.4. The molecule has 2 rings (SSSR count). The van der Waals surface area contributed by atoms with Crippen LogP contribution in [0.2, 0.25) is 5.02 Å². The highest BCUT2D eigenvalue weighted by Crippen LogP contribution is 2.15. The number of hydrogen-bond donors (Lipinski definition) is 1. The predicted molar refractivity (Wildman–Crippen MR) is 84.9 cm³/mol. The van der Waals surface area contributed by atoms with Gasteiger partial charge in [0.15, 0.2) is 0 Å². The summed E-state index contributed by atoms with van der Waals surface area (Å²) in [5.41, 5.74) is 2.49. The molecular formula is C16H15Cl2NO. The predicted octanol–water partition coefficient (Wildman–Crippen LogP) is 4.76. The lowest BCUT2D eigenvalue weighted by atomic mass is 10.1. The second kappa shape index (κ2) is 7.32. The van der Waals surface area contributed by atoms with Crippen LogP contribution in [0.25, 0.3) is 0 Å². The summed E-state index contributed by atoms with van der Waals surface area (Å²) in [5.74, 6) is 0.473. The first-order chi connectivity index (χ1) is 9.69. The fraction of sp³-hybridized carbons (Fsp3) is 0.188. The molecule has 0 heterocycles. The van der Waals surface area contributed by atoms with Crippen molar-refractivity contribution in [3.05, 3.63) is 64.7 Å². The van der Waals surface area contributed by atoms with Gasteiger partial charge in [0, 0.05) is 22.2 Å². The van der Waals surface area contributed by atoms with Crippen molar-refractivity contribution in [3.63, 3.8) is 0 Å². The average molecular weight is 308 g/mol. The maximum atomic E-state index is 12.1. The highest BCUT2D eigenvalue weighted by Gasteiger charge is 2.06. The van der Waals surface area contributed by atoms with Gasteiger partial charge in [0.05, 0.1) is 0 Å². The standard InChI is InChI=1S/C16H15Cl2NO/c17-9-3-5-12-4-1-8-15(10-12)19-16(20)13-6-2-7-14(18)11-13/h1-2,4,6-8,10-11H,3,5,9H2,(H,19,20). The topological polar surface area (TPSA) is 29.1 Å². The van der Waals surface area contributed by atoms with Crippen molar-refractivity contribution >= 4 is 34.8 Å². The second-order valence-corrected chi connectivity index (χ2v) is 5.27. The molecule has 0 aliphatic carbocycles. The molecule has 0 spiro atoms. The summed E-state index contributed by atoms with van der Waals surface area (Å²) in [6, 6.07) is 14.7. The van der Waals surface area contributed by atoms with Crippen molar-refractivity contribution in [2.75, 3.05) is 11.2 Å². The molecule has 2 aromatic carbocycles. The van der Waals surface area contributed by atoms with Crippen LogP contribution in [0.1, 0.15) is 22.3 Å². The van der Waals surface area contributed by atoms with E-state index in [1.807, 2.05) is 24.3 Å². The summed E-state index contributed by atoms with van der Waals surface area (Å²) in [5, 5.41) is 3.42. The maximum Gasteiger partial charge on any atom is 0.255 e. The molecule has 0 aliphatic rings. The van der Waals surface area contributed by atoms with E-state index in [4.69, 9.17) is 23.2 Å². The maximum absolute atomic E-state index is 12.1. The number of carbonyl (C=O) groups excluding carboxylic acids is 1. The van der Waals surface area contributed by atoms with E-state index in [1.54, 1.807) is 24.3 Å². The van der Waals surface area contributed by atoms with E-state index >= 15 is 0 Å². The van der Waals surface area contributed by atoms with Gasteiger partial charge in [-0.15, -0.1) is 11.6 Å². The van der Waals surface area contributed by atoms with Gasteiger partial charge in [-0.3, -0.25) is 4.79 Å². The van der Waals surface area contributed by atoms with Crippen LogP contribution >= 0.6 is 23.2 Å². The van der Waals surface area contributed by atoms with Gasteiger partial charge in [-0.25, -0.2) is 0 Å². The van der Waals surface area contributed by atoms with Crippen LogP contribution in [0, 0.1) is 0 Å². The summed E-state index contributed by atoms with van der Waals surface area (Å²) in [7, 11) is 0. The van der Waals surface area contributed by atoms with Gasteiger partial charge < -0.3 is 5.32 Å². The first kappa shape index (κ1) is 14.9. The molecule has 1 amide bonds. The molecule has 1 N–H and O–H groups in total. The Balaban J connectivity index is 2.07. The first-order valence-electron chi connectivity index (χ1n) is 6.41. The van der Waals surface area contributed by atoms with E-state index in [0.717, 1.165) is 24.1 Å². The molecule has 0 bridgehead atoms. The molecule has 2 aromatic rings. The average Bonchev–Trinajstić information content (AvgIpc) is 2.45. The molecule has 0 fully saturated rings. The third-order valence-electron chi connectivity index (χ3n) is 2.87. The quantitative estimate of drug-likeness (QED) is 0.792. The highest BCUT2D eigenvalue weighted by atomic mass is 35.5. The number of halogens is 2. The summed E-state index contributed by atoms with van der Waals surface area (Å²) < 4.78 is 0. The van der Waals surface area contributed by atoms with Crippen molar-refractivity contribution in [1.29, 1.82) is 0 Å². The van der Waals surface area contributed by atoms with Crippen LogP contribution in [-0.4, -0.2) is 11.8 Å². The highest BCUT2D eigenvalue weighted by molar-refractivity contribution is 6.31. The lowest BCUT2D eigenvalue weighted by Gasteiger charge is -2.07. The Bertz CT molecular complexity index is 599. The largest absolute Gasteiger partial charge is 0.322 e. The lowest BCUT2D eigenvalue weighted by Crippen LogP contribution is -2.11. The van der Waals surface area contributed by atoms with E-state index in [1.165, 1.54) is 0 Å². The Labute approximate surface area is 128 Å². The molecule has 0 saturated heterocycles. The van der Waals surface area contributed by atoms with Gasteiger partial charge in [0.25, 0.3) is 5.91 Å². The molecule has 20 heavy (non-hydrogen) atoms. The minimum atomic E-state index is -0.165. The Morgan fingerprint density at radius 2 is 1.90 bits per heavy atom. The first-order valence-corrected chi connectivity index (χ1v) is 7.32. The molecule has 0 unspecified atom stereocenters. The number of rotatable bonds is 5. The second-order valence-electron chi connectivity index (χ2n) is 4.46. The van der Waals surface area contributed by atoms with Gasteiger partial charge >= 0.3 is 0 Å². The normalized spacial score (nSPS) is 10.3. The van der Waals surface area contributed by atoms with Crippen LogP contribution in [0.3, 0.4) is 0 Å². The van der Waals surface area contributed by atoms with E-state index in [2.05, 4.69) is 5.32 Å². The number of alkyl halides is 1. The fourth-order valence-corrected chi connectivity index (χ4v) is 2.23. The molecule has 0 saturated carbocycles. The molecule has 2 nitrogen and oxygen atoms in total. The number of aryl methyl sites for hydroxylation is 1. The summed E-state index contributed by atoms with van der Waals surface area (Å²) >= 11 is 11.6. The van der Waals surface area contributed by atoms with Crippen LogP contribution < -0.4 is 5.32 Å². The lowest BCUT2D eigenvalue weighted by molar-refractivity contribution is 0.102. The van der Waals surface area contributed by atoms with Gasteiger partial charge in [0.2, 0.25) is 0 Å². The van der Waals surface area contributed by atoms with Gasteiger partial charge in [-0.05, 0) is 48.7 Å². The smallest absolute Gasteiger partial charge is 0.255 e. The zero-order chi connectivity index (χ0) is 14.4. The van der Waals surface area contributed by atoms with Crippen LogP contribution in [0.5, 0.6) is 0 Å². The molecular weight excluding hydrogens is 293 g/mol. The van der Waals surface area contributed by atoms with Crippen LogP contribution in [-0.2, 0) is 6.42 Å². The minimum Gasteiger partial charge on any atom is -0.322 e. The van der Waals surface area contributed by atoms with E-state index in [-0.39, 0.29) is 5.91 Å². The molecule has 4 heteroatoms. The van der Waals surface area contributed by atoms with Crippen molar-refractivity contribution in [1.82, 2.24) is 0 Å². The van der Waals surface area contributed by atoms with Crippen molar-refractivity contribution in [2.45, 2.75) is 12.8 Å². The third kappa shape index (κ3) is 4.26. The zero-order valence-electron chi connectivity index (χ0n) is 10.9. The molecule has 0 aromatic heterocycles. The Kier molecular flexibility index (Phi) is 5.45. The van der Waals surface area contributed by atoms with Crippen LogP contribution in [0.4, 0.5) is 5.69 Å². The van der Waals surface area contributed by atoms with E-state index in [9.17, 15) is 4.79 Å². The number of amides is 1. The van der Waals surface area contributed by atoms with Crippen LogP contribution in [0.15, 0.2) is 48.5 Å². The number of benzene rings is 2. The van der Waals surface area contributed by atoms with Crippen molar-refractivity contribution in [2.24, 2.45) is 0 Å². The molecule has 104 valence electrons. The van der Waals surface area contributed by atoms with E-state index < -0.39 is 0 Å². The van der Waals surface area contributed by atoms with Gasteiger partial charge in [0.1, 0.15) is 0 Å². The number of hydrogen-bond acceptors (Lipinski definition) is 1. The summed E-state index contributed by atoms with van der Waals surface area (Å²) in [6.45, 7) is 0. The Hall–Kier alpha value is -1.51. The SMILES string of the molecule is O=C(Nc1cccc(CCCCl)c1)c1cccc(Cl)c1. The van der Waals surface area contributed by atoms with Gasteiger partial charge in [-0.2, -0.15) is 0 Å². The van der Waals surface area contributed by atoms with Gasteiger partial charge in [-0.1, -0.05) is 29.8 Å². The Morgan fingerprint density at radius 1 is 1.10 bits per heavy atom. The minimum absolute atomic E-state index is 0.165. The Morgan fingerprint density at radius 3 is 2.65 bits per heavy atom. The third-order valence-corrected chi connectivity index (χ3v) is 3.37. The number of carbonyl (C=O) groups is 1. The van der Waals surface area contributed by atoms with Crippen molar-refractivity contribution in [3.8, 4) is 0 Å². The monoisotopic (exact) mass is 307 g/mol. The molecule has 0 aliphatic heterocycles. The summed E-state index contributed by atoms with van der Waals surface area (Å²) in [4.78, 5) is 12.1. The number of anilines is 1. The fourth-order valence-electron chi connectivity index (χ4n) is 1.91.